The number of likely N-dealkylation sites (tertiary alicyclic amines) is 1. The lowest BCUT2D eigenvalue weighted by atomic mass is 9.80. The summed E-state index contributed by atoms with van der Waals surface area (Å²) in [5.74, 6) is 0. The summed E-state index contributed by atoms with van der Waals surface area (Å²) in [6.07, 6.45) is 6.06. The number of nitrogens with zero attached hydrogens (tertiary/aromatic N) is 1. The first-order valence-electron chi connectivity index (χ1n) is 8.49. The minimum absolute atomic E-state index is 0.208. The largest absolute Gasteiger partial charge is 0.372 e. The highest BCUT2D eigenvalue weighted by atomic mass is 16.5. The van der Waals surface area contributed by atoms with Gasteiger partial charge in [0.1, 0.15) is 0 Å². The first kappa shape index (κ1) is 16.3. The summed E-state index contributed by atoms with van der Waals surface area (Å²) in [6.45, 7) is 16.1. The Kier molecular flexibility index (Phi) is 5.14. The Hall–Kier alpha value is -0.120. The number of hydrogen-bond donors (Lipinski definition) is 1. The molecule has 3 heteroatoms. The summed E-state index contributed by atoms with van der Waals surface area (Å²) in [5.41, 5.74) is 0.615. The van der Waals surface area contributed by atoms with Crippen molar-refractivity contribution in [1.82, 2.24) is 10.2 Å². The standard InChI is InChI=1S/C17H34N2O/c1-6-17(7-2,12-18-16(3,4)5)13-19-10-14-8-9-15(11-19)20-14/h14-15,18H,6-13H2,1-5H3. The van der Waals surface area contributed by atoms with Crippen molar-refractivity contribution in [2.24, 2.45) is 5.41 Å². The number of hydrogen-bond acceptors (Lipinski definition) is 3. The number of rotatable bonds is 6. The van der Waals surface area contributed by atoms with Crippen molar-refractivity contribution >= 4 is 0 Å². The second kappa shape index (κ2) is 6.33. The highest BCUT2D eigenvalue weighted by molar-refractivity contribution is 4.91. The van der Waals surface area contributed by atoms with E-state index >= 15 is 0 Å². The van der Waals surface area contributed by atoms with Gasteiger partial charge in [-0.25, -0.2) is 0 Å². The van der Waals surface area contributed by atoms with E-state index < -0.39 is 0 Å². The van der Waals surface area contributed by atoms with Crippen LogP contribution in [0.2, 0.25) is 0 Å². The average molecular weight is 282 g/mol. The minimum Gasteiger partial charge on any atom is -0.372 e. The maximum atomic E-state index is 5.97. The quantitative estimate of drug-likeness (QED) is 0.810. The van der Waals surface area contributed by atoms with Gasteiger partial charge in [0, 0.05) is 31.7 Å². The molecule has 0 aromatic carbocycles. The zero-order valence-corrected chi connectivity index (χ0v) is 14.2. The van der Waals surface area contributed by atoms with Gasteiger partial charge in [-0.05, 0) is 51.9 Å². The maximum absolute atomic E-state index is 5.97. The van der Waals surface area contributed by atoms with E-state index in [4.69, 9.17) is 4.74 Å². The van der Waals surface area contributed by atoms with Crippen LogP contribution in [-0.2, 0) is 4.74 Å². The van der Waals surface area contributed by atoms with Gasteiger partial charge in [-0.15, -0.1) is 0 Å². The summed E-state index contributed by atoms with van der Waals surface area (Å²) < 4.78 is 5.97. The molecule has 0 spiro atoms. The van der Waals surface area contributed by atoms with Crippen LogP contribution in [0.25, 0.3) is 0 Å². The van der Waals surface area contributed by atoms with Gasteiger partial charge in [-0.2, -0.15) is 0 Å². The summed E-state index contributed by atoms with van der Waals surface area (Å²) in [5, 5.41) is 3.73. The van der Waals surface area contributed by atoms with Gasteiger partial charge in [0.15, 0.2) is 0 Å². The smallest absolute Gasteiger partial charge is 0.0707 e. The Labute approximate surface area is 125 Å². The molecular weight excluding hydrogens is 248 g/mol. The van der Waals surface area contributed by atoms with E-state index in [1.54, 1.807) is 0 Å². The molecule has 2 unspecified atom stereocenters. The van der Waals surface area contributed by atoms with Gasteiger partial charge < -0.3 is 10.1 Å². The number of nitrogens with one attached hydrogen (secondary N) is 1. The number of morpholine rings is 1. The third-order valence-electron chi connectivity index (χ3n) is 5.17. The lowest BCUT2D eigenvalue weighted by Gasteiger charge is -2.42. The van der Waals surface area contributed by atoms with E-state index in [1.807, 2.05) is 0 Å². The molecule has 2 heterocycles. The predicted molar refractivity (Wildman–Crippen MR) is 85.1 cm³/mol. The second-order valence-electron chi connectivity index (χ2n) is 7.96. The summed E-state index contributed by atoms with van der Waals surface area (Å²) in [4.78, 5) is 2.67. The highest BCUT2D eigenvalue weighted by Gasteiger charge is 2.37. The Morgan fingerprint density at radius 2 is 1.60 bits per heavy atom. The Morgan fingerprint density at radius 3 is 2.05 bits per heavy atom. The van der Waals surface area contributed by atoms with E-state index in [9.17, 15) is 0 Å². The molecular formula is C17H34N2O. The first-order valence-corrected chi connectivity index (χ1v) is 8.49. The molecule has 0 aromatic rings. The molecule has 118 valence electrons. The lowest BCUT2D eigenvalue weighted by Crippen LogP contribution is -2.52. The van der Waals surface area contributed by atoms with Gasteiger partial charge in [-0.1, -0.05) is 13.8 Å². The van der Waals surface area contributed by atoms with Gasteiger partial charge in [-0.3, -0.25) is 4.90 Å². The Morgan fingerprint density at radius 1 is 1.05 bits per heavy atom. The van der Waals surface area contributed by atoms with Crippen LogP contribution >= 0.6 is 0 Å². The van der Waals surface area contributed by atoms with Crippen molar-refractivity contribution in [2.45, 2.75) is 78.0 Å². The van der Waals surface area contributed by atoms with Crippen LogP contribution in [0.15, 0.2) is 0 Å². The normalized spacial score (nSPS) is 28.1. The molecule has 2 aliphatic heterocycles. The molecule has 0 saturated carbocycles. The molecule has 2 rings (SSSR count). The molecule has 0 amide bonds. The van der Waals surface area contributed by atoms with Crippen molar-refractivity contribution in [2.75, 3.05) is 26.2 Å². The predicted octanol–water partition coefficient (Wildman–Crippen LogP) is 3.04. The topological polar surface area (TPSA) is 24.5 Å². The molecule has 1 N–H and O–H groups in total. The second-order valence-corrected chi connectivity index (χ2v) is 7.96. The molecule has 2 atom stereocenters. The van der Waals surface area contributed by atoms with Crippen LogP contribution in [0.5, 0.6) is 0 Å². The zero-order valence-electron chi connectivity index (χ0n) is 14.2. The van der Waals surface area contributed by atoms with Crippen molar-refractivity contribution in [1.29, 1.82) is 0 Å². The fourth-order valence-electron chi connectivity index (χ4n) is 3.53. The third kappa shape index (κ3) is 4.19. The van der Waals surface area contributed by atoms with Crippen LogP contribution in [0.3, 0.4) is 0 Å². The van der Waals surface area contributed by atoms with E-state index in [2.05, 4.69) is 44.8 Å². The number of fused-ring (bicyclic) bond motifs is 2. The van der Waals surface area contributed by atoms with E-state index in [1.165, 1.54) is 32.2 Å². The van der Waals surface area contributed by atoms with Crippen LogP contribution in [0.4, 0.5) is 0 Å². The van der Waals surface area contributed by atoms with Gasteiger partial charge in [0.25, 0.3) is 0 Å². The van der Waals surface area contributed by atoms with Gasteiger partial charge in [0.05, 0.1) is 12.2 Å². The summed E-state index contributed by atoms with van der Waals surface area (Å²) >= 11 is 0. The molecule has 2 saturated heterocycles. The maximum Gasteiger partial charge on any atom is 0.0707 e. The van der Waals surface area contributed by atoms with Crippen LogP contribution in [0.1, 0.15) is 60.3 Å². The summed E-state index contributed by atoms with van der Waals surface area (Å²) in [7, 11) is 0. The van der Waals surface area contributed by atoms with Gasteiger partial charge in [0.2, 0.25) is 0 Å². The Bertz CT molecular complexity index is 295. The lowest BCUT2D eigenvalue weighted by molar-refractivity contribution is -0.0518. The molecule has 2 aliphatic rings. The van der Waals surface area contributed by atoms with Crippen molar-refractivity contribution in [3.8, 4) is 0 Å². The molecule has 2 bridgehead atoms. The average Bonchev–Trinajstić information content (AvgIpc) is 2.73. The minimum atomic E-state index is 0.208. The van der Waals surface area contributed by atoms with E-state index in [0.717, 1.165) is 19.6 Å². The molecule has 3 nitrogen and oxygen atoms in total. The molecule has 0 radical (unpaired) electrons. The Balaban J connectivity index is 1.94. The first-order chi connectivity index (χ1) is 9.36. The van der Waals surface area contributed by atoms with E-state index in [0.29, 0.717) is 17.6 Å². The molecule has 0 aromatic heterocycles. The zero-order chi connectivity index (χ0) is 14.8. The van der Waals surface area contributed by atoms with Crippen LogP contribution in [-0.4, -0.2) is 48.8 Å². The number of ether oxygens (including phenoxy) is 1. The van der Waals surface area contributed by atoms with Crippen LogP contribution in [0, 0.1) is 5.41 Å². The SMILES string of the molecule is CCC(CC)(CNC(C)(C)C)CN1CC2CCC(C1)O2. The van der Waals surface area contributed by atoms with Crippen LogP contribution < -0.4 is 5.32 Å². The molecule has 2 fully saturated rings. The monoisotopic (exact) mass is 282 g/mol. The summed E-state index contributed by atoms with van der Waals surface area (Å²) in [6, 6.07) is 0. The van der Waals surface area contributed by atoms with Crippen molar-refractivity contribution in [3.05, 3.63) is 0 Å². The van der Waals surface area contributed by atoms with E-state index in [-0.39, 0.29) is 5.54 Å². The van der Waals surface area contributed by atoms with Gasteiger partial charge >= 0.3 is 0 Å². The molecule has 20 heavy (non-hydrogen) atoms. The van der Waals surface area contributed by atoms with Crippen molar-refractivity contribution in [3.63, 3.8) is 0 Å². The fraction of sp³-hybridized carbons (Fsp3) is 1.00. The highest BCUT2D eigenvalue weighted by Crippen LogP contribution is 2.32. The molecule has 0 aliphatic carbocycles. The third-order valence-corrected chi connectivity index (χ3v) is 5.17. The van der Waals surface area contributed by atoms with Crippen molar-refractivity contribution < 1.29 is 4.74 Å². The fourth-order valence-corrected chi connectivity index (χ4v) is 3.53.